The summed E-state index contributed by atoms with van der Waals surface area (Å²) < 4.78 is 0. The minimum absolute atomic E-state index is 0.720. The van der Waals surface area contributed by atoms with Gasteiger partial charge in [0.25, 0.3) is 0 Å². The van der Waals surface area contributed by atoms with Crippen LogP contribution in [0.25, 0.3) is 0 Å². The number of carbonyl (C=O) groups is 1. The van der Waals surface area contributed by atoms with Crippen molar-refractivity contribution in [2.75, 3.05) is 0 Å². The molecule has 0 amide bonds. The molecule has 0 aromatic rings. The molecule has 0 saturated heterocycles. The molecule has 0 radical (unpaired) electrons. The van der Waals surface area contributed by atoms with E-state index in [2.05, 4.69) is 18.2 Å². The largest absolute Gasteiger partial charge is 0.480 e. The van der Waals surface area contributed by atoms with Crippen LogP contribution in [0.2, 0.25) is 0 Å². The summed E-state index contributed by atoms with van der Waals surface area (Å²) >= 11 is 0. The van der Waals surface area contributed by atoms with Crippen LogP contribution in [0.4, 0.5) is 0 Å². The number of hydrogen-bond donors (Lipinski definition) is 1. The maximum Gasteiger partial charge on any atom is 0.328 e. The SMILES string of the molecule is C=CC(=C)/C=C/C=C(C)/C=C/C=C(C)/C=N/[C@@H](C)C(=O)O. The van der Waals surface area contributed by atoms with Gasteiger partial charge >= 0.3 is 5.97 Å². The van der Waals surface area contributed by atoms with Crippen LogP contribution in [0, 0.1) is 0 Å². The summed E-state index contributed by atoms with van der Waals surface area (Å²) in [5, 5.41) is 8.71. The summed E-state index contributed by atoms with van der Waals surface area (Å²) in [6.45, 7) is 12.8. The fraction of sp³-hybridized carbons (Fsp3) is 0.222. The molecule has 0 heterocycles. The summed E-state index contributed by atoms with van der Waals surface area (Å²) in [7, 11) is 0. The fourth-order valence-corrected chi connectivity index (χ4v) is 1.13. The van der Waals surface area contributed by atoms with Crippen LogP contribution in [0.5, 0.6) is 0 Å². The van der Waals surface area contributed by atoms with Gasteiger partial charge in [0.05, 0.1) is 0 Å². The number of carboxylic acids is 1. The van der Waals surface area contributed by atoms with Gasteiger partial charge < -0.3 is 5.11 Å². The zero-order valence-corrected chi connectivity index (χ0v) is 12.9. The Kier molecular flexibility index (Phi) is 9.18. The van der Waals surface area contributed by atoms with Gasteiger partial charge in [-0.2, -0.15) is 0 Å². The highest BCUT2D eigenvalue weighted by molar-refractivity contribution is 5.82. The number of aliphatic imine (C=N–C) groups is 1. The second-order valence-electron chi connectivity index (χ2n) is 4.61. The highest BCUT2D eigenvalue weighted by atomic mass is 16.4. The Labute approximate surface area is 127 Å². The molecule has 0 bridgehead atoms. The number of nitrogens with zero attached hydrogens (tertiary/aromatic N) is 1. The maximum absolute atomic E-state index is 10.6. The fourth-order valence-electron chi connectivity index (χ4n) is 1.13. The third-order valence-corrected chi connectivity index (χ3v) is 2.51. The number of allylic oxidation sites excluding steroid dienone is 10. The molecule has 112 valence electrons. The predicted octanol–water partition coefficient (Wildman–Crippen LogP) is 4.28. The lowest BCUT2D eigenvalue weighted by Crippen LogP contribution is -2.12. The monoisotopic (exact) mass is 285 g/mol. The number of hydrogen-bond acceptors (Lipinski definition) is 2. The smallest absolute Gasteiger partial charge is 0.328 e. The number of carboxylic acid groups (broad SMARTS) is 1. The van der Waals surface area contributed by atoms with Gasteiger partial charge in [-0.05, 0) is 31.9 Å². The van der Waals surface area contributed by atoms with E-state index in [1.54, 1.807) is 12.3 Å². The Bertz CT molecular complexity index is 531. The first-order valence-electron chi connectivity index (χ1n) is 6.64. The minimum atomic E-state index is -0.929. The number of aliphatic carboxylic acids is 1. The van der Waals surface area contributed by atoms with E-state index >= 15 is 0 Å². The van der Waals surface area contributed by atoms with Crippen molar-refractivity contribution >= 4 is 12.2 Å². The van der Waals surface area contributed by atoms with Gasteiger partial charge in [0.1, 0.15) is 6.04 Å². The molecule has 0 aliphatic heterocycles. The minimum Gasteiger partial charge on any atom is -0.480 e. The van der Waals surface area contributed by atoms with E-state index in [0.29, 0.717) is 0 Å². The van der Waals surface area contributed by atoms with E-state index in [4.69, 9.17) is 5.11 Å². The van der Waals surface area contributed by atoms with Crippen molar-refractivity contribution in [3.8, 4) is 0 Å². The Morgan fingerprint density at radius 1 is 1.14 bits per heavy atom. The number of rotatable bonds is 8. The van der Waals surface area contributed by atoms with Crippen molar-refractivity contribution in [3.63, 3.8) is 0 Å². The Morgan fingerprint density at radius 2 is 1.71 bits per heavy atom. The van der Waals surface area contributed by atoms with Gasteiger partial charge in [-0.15, -0.1) is 0 Å². The van der Waals surface area contributed by atoms with Crippen molar-refractivity contribution in [1.82, 2.24) is 0 Å². The third kappa shape index (κ3) is 10.1. The summed E-state index contributed by atoms with van der Waals surface area (Å²) in [6.07, 6.45) is 14.8. The van der Waals surface area contributed by atoms with Crippen molar-refractivity contribution in [2.24, 2.45) is 4.99 Å². The molecule has 0 unspecified atom stereocenters. The summed E-state index contributed by atoms with van der Waals surface area (Å²) in [4.78, 5) is 14.5. The van der Waals surface area contributed by atoms with Crippen LogP contribution in [0.1, 0.15) is 20.8 Å². The highest BCUT2D eigenvalue weighted by Gasteiger charge is 2.05. The van der Waals surface area contributed by atoms with E-state index in [9.17, 15) is 4.79 Å². The van der Waals surface area contributed by atoms with Crippen molar-refractivity contribution in [1.29, 1.82) is 0 Å². The van der Waals surface area contributed by atoms with E-state index < -0.39 is 12.0 Å². The molecule has 0 rings (SSSR count). The normalized spacial score (nSPS) is 15.0. The van der Waals surface area contributed by atoms with Gasteiger partial charge in [0.15, 0.2) is 0 Å². The molecule has 3 heteroatoms. The van der Waals surface area contributed by atoms with Crippen LogP contribution < -0.4 is 0 Å². The summed E-state index contributed by atoms with van der Waals surface area (Å²) in [5.41, 5.74) is 2.84. The third-order valence-electron chi connectivity index (χ3n) is 2.51. The topological polar surface area (TPSA) is 49.7 Å². The zero-order chi connectivity index (χ0) is 16.3. The lowest BCUT2D eigenvalue weighted by molar-refractivity contribution is -0.137. The molecule has 0 saturated carbocycles. The molecule has 0 aliphatic carbocycles. The van der Waals surface area contributed by atoms with Crippen LogP contribution in [0.3, 0.4) is 0 Å². The van der Waals surface area contributed by atoms with Crippen molar-refractivity contribution < 1.29 is 9.90 Å². The van der Waals surface area contributed by atoms with Gasteiger partial charge in [-0.25, -0.2) is 4.79 Å². The Morgan fingerprint density at radius 3 is 2.29 bits per heavy atom. The van der Waals surface area contributed by atoms with Crippen molar-refractivity contribution in [3.05, 3.63) is 72.4 Å². The zero-order valence-electron chi connectivity index (χ0n) is 12.9. The van der Waals surface area contributed by atoms with E-state index in [-0.39, 0.29) is 0 Å². The average molecular weight is 285 g/mol. The van der Waals surface area contributed by atoms with Crippen LogP contribution in [-0.4, -0.2) is 23.3 Å². The van der Waals surface area contributed by atoms with Crippen molar-refractivity contribution in [2.45, 2.75) is 26.8 Å². The van der Waals surface area contributed by atoms with E-state index in [1.807, 2.05) is 50.3 Å². The Balaban J connectivity index is 4.54. The van der Waals surface area contributed by atoms with Gasteiger partial charge in [-0.1, -0.05) is 61.3 Å². The molecule has 0 fully saturated rings. The average Bonchev–Trinajstić information content (AvgIpc) is 2.44. The molecule has 1 atom stereocenters. The van der Waals surface area contributed by atoms with E-state index in [0.717, 1.165) is 16.7 Å². The second kappa shape index (κ2) is 10.4. The van der Waals surface area contributed by atoms with Gasteiger partial charge in [0, 0.05) is 6.21 Å². The van der Waals surface area contributed by atoms with Gasteiger partial charge in [-0.3, -0.25) is 4.99 Å². The first kappa shape index (κ1) is 18.6. The standard InChI is InChI=1S/C18H23NO2/c1-6-14(2)9-7-10-15(3)11-8-12-16(4)13-19-17(5)18(20)21/h6-13,17H,1-2H2,3-5H3,(H,20,21)/b9-7+,11-8+,15-10+,16-12+,19-13+/t17-/m0/s1. The summed E-state index contributed by atoms with van der Waals surface area (Å²) in [5.74, 6) is -0.929. The Hall–Kier alpha value is -2.42. The highest BCUT2D eigenvalue weighted by Crippen LogP contribution is 2.00. The second-order valence-corrected chi connectivity index (χ2v) is 4.61. The molecule has 21 heavy (non-hydrogen) atoms. The molecular weight excluding hydrogens is 262 g/mol. The molecule has 0 aromatic carbocycles. The maximum atomic E-state index is 10.6. The molecular formula is C18H23NO2. The first-order chi connectivity index (χ1) is 9.86. The van der Waals surface area contributed by atoms with Crippen LogP contribution in [-0.2, 0) is 4.79 Å². The lowest BCUT2D eigenvalue weighted by Gasteiger charge is -1.97. The molecule has 0 aliphatic rings. The van der Waals surface area contributed by atoms with Crippen LogP contribution >= 0.6 is 0 Å². The molecule has 1 N–H and O–H groups in total. The van der Waals surface area contributed by atoms with Gasteiger partial charge in [0.2, 0.25) is 0 Å². The molecule has 3 nitrogen and oxygen atoms in total. The van der Waals surface area contributed by atoms with E-state index in [1.165, 1.54) is 6.92 Å². The predicted molar refractivity (Wildman–Crippen MR) is 90.7 cm³/mol. The lowest BCUT2D eigenvalue weighted by atomic mass is 10.2. The quantitative estimate of drug-likeness (QED) is 0.534. The summed E-state index contributed by atoms with van der Waals surface area (Å²) in [6, 6.07) is -0.720. The van der Waals surface area contributed by atoms with Crippen LogP contribution in [0.15, 0.2) is 77.4 Å². The first-order valence-corrected chi connectivity index (χ1v) is 6.64. The molecule has 0 aromatic heterocycles. The molecule has 0 spiro atoms.